The van der Waals surface area contributed by atoms with E-state index in [1.54, 1.807) is 30.3 Å². The first-order valence-electron chi connectivity index (χ1n) is 10.8. The molecule has 2 aromatic carbocycles. The van der Waals surface area contributed by atoms with Gasteiger partial charge < -0.3 is 9.47 Å². The van der Waals surface area contributed by atoms with E-state index in [4.69, 9.17) is 9.47 Å². The molecule has 0 spiro atoms. The van der Waals surface area contributed by atoms with Gasteiger partial charge in [-0.1, -0.05) is 25.5 Å². The van der Waals surface area contributed by atoms with Crippen LogP contribution in [0.15, 0.2) is 42.5 Å². The number of benzene rings is 2. The average Bonchev–Trinajstić information content (AvgIpc) is 2.82. The third-order valence-electron chi connectivity index (χ3n) is 5.25. The van der Waals surface area contributed by atoms with Crippen LogP contribution in [0.25, 0.3) is 0 Å². The average molecular weight is 426 g/mol. The normalized spacial score (nSPS) is 14.0. The standard InChI is InChI=1S/C24H31N3O4/c1-3-15-31-21-12-11-20(16-22(21)30-2)24(29)26-25-23(28)19-9-7-18(8-10-19)17-27-13-5-4-6-14-27/h7-12,16H,3-6,13-15,17H2,1-2H3,(H,25,28)(H,26,29). The van der Waals surface area contributed by atoms with Gasteiger partial charge in [0.25, 0.3) is 11.8 Å². The van der Waals surface area contributed by atoms with Gasteiger partial charge in [0, 0.05) is 17.7 Å². The van der Waals surface area contributed by atoms with Crippen molar-refractivity contribution in [3.63, 3.8) is 0 Å². The van der Waals surface area contributed by atoms with E-state index in [9.17, 15) is 9.59 Å². The highest BCUT2D eigenvalue weighted by molar-refractivity contribution is 5.99. The van der Waals surface area contributed by atoms with Crippen LogP contribution in [0.3, 0.4) is 0 Å². The van der Waals surface area contributed by atoms with Crippen LogP contribution in [-0.2, 0) is 6.54 Å². The van der Waals surface area contributed by atoms with Crippen molar-refractivity contribution in [3.8, 4) is 11.5 Å². The first-order chi connectivity index (χ1) is 15.1. The Labute approximate surface area is 183 Å². The lowest BCUT2D eigenvalue weighted by molar-refractivity contribution is 0.0846. The van der Waals surface area contributed by atoms with Crippen LogP contribution in [0.1, 0.15) is 58.9 Å². The summed E-state index contributed by atoms with van der Waals surface area (Å²) in [6, 6.07) is 12.4. The number of hydrogen-bond donors (Lipinski definition) is 2. The molecular formula is C24H31N3O4. The Bertz CT molecular complexity index is 877. The minimum Gasteiger partial charge on any atom is -0.493 e. The fourth-order valence-corrected chi connectivity index (χ4v) is 3.54. The van der Waals surface area contributed by atoms with Crippen LogP contribution in [0.4, 0.5) is 0 Å². The second-order valence-electron chi connectivity index (χ2n) is 7.66. The Balaban J connectivity index is 1.53. The molecule has 3 rings (SSSR count). The van der Waals surface area contributed by atoms with Gasteiger partial charge in [0.2, 0.25) is 0 Å². The third-order valence-corrected chi connectivity index (χ3v) is 5.25. The first-order valence-corrected chi connectivity index (χ1v) is 10.8. The fraction of sp³-hybridized carbons (Fsp3) is 0.417. The summed E-state index contributed by atoms with van der Waals surface area (Å²) in [7, 11) is 1.52. The molecule has 0 unspecified atom stereocenters. The molecule has 0 atom stereocenters. The van der Waals surface area contributed by atoms with E-state index in [2.05, 4.69) is 15.8 Å². The van der Waals surface area contributed by atoms with Crippen molar-refractivity contribution >= 4 is 11.8 Å². The zero-order valence-electron chi connectivity index (χ0n) is 18.3. The maximum atomic E-state index is 12.4. The molecule has 0 bridgehead atoms. The Morgan fingerprint density at radius 2 is 1.55 bits per heavy atom. The lowest BCUT2D eigenvalue weighted by Crippen LogP contribution is -2.41. The molecule has 2 N–H and O–H groups in total. The number of carbonyl (C=O) groups is 2. The Morgan fingerprint density at radius 1 is 0.903 bits per heavy atom. The van der Waals surface area contributed by atoms with Crippen LogP contribution in [0.5, 0.6) is 11.5 Å². The van der Waals surface area contributed by atoms with E-state index in [0.29, 0.717) is 29.2 Å². The number of methoxy groups -OCH3 is 1. The van der Waals surface area contributed by atoms with Gasteiger partial charge in [-0.25, -0.2) is 0 Å². The number of nitrogens with zero attached hydrogens (tertiary/aromatic N) is 1. The molecule has 166 valence electrons. The number of ether oxygens (including phenoxy) is 2. The van der Waals surface area contributed by atoms with E-state index in [0.717, 1.165) is 26.1 Å². The minimum atomic E-state index is -0.435. The van der Waals surface area contributed by atoms with Crippen molar-refractivity contribution in [1.82, 2.24) is 15.8 Å². The molecule has 7 heteroatoms. The molecule has 2 aromatic rings. The maximum Gasteiger partial charge on any atom is 0.269 e. The molecule has 31 heavy (non-hydrogen) atoms. The number of hydrazine groups is 1. The summed E-state index contributed by atoms with van der Waals surface area (Å²) in [5, 5.41) is 0. The van der Waals surface area contributed by atoms with E-state index < -0.39 is 5.91 Å². The number of rotatable bonds is 8. The quantitative estimate of drug-likeness (QED) is 0.633. The van der Waals surface area contributed by atoms with Gasteiger partial charge in [-0.3, -0.25) is 25.3 Å². The summed E-state index contributed by atoms with van der Waals surface area (Å²) in [4.78, 5) is 27.3. The topological polar surface area (TPSA) is 79.9 Å². The molecule has 1 aliphatic rings. The predicted molar refractivity (Wildman–Crippen MR) is 119 cm³/mol. The molecule has 0 aliphatic carbocycles. The Kier molecular flexibility index (Phi) is 8.29. The van der Waals surface area contributed by atoms with Gasteiger partial charge in [0.1, 0.15) is 0 Å². The number of hydrogen-bond acceptors (Lipinski definition) is 5. The molecular weight excluding hydrogens is 394 g/mol. The molecule has 7 nitrogen and oxygen atoms in total. The smallest absolute Gasteiger partial charge is 0.269 e. The second-order valence-corrected chi connectivity index (χ2v) is 7.66. The van der Waals surface area contributed by atoms with Crippen LogP contribution < -0.4 is 20.3 Å². The number of piperidine rings is 1. The van der Waals surface area contributed by atoms with Crippen LogP contribution in [-0.4, -0.2) is 43.5 Å². The van der Waals surface area contributed by atoms with Crippen molar-refractivity contribution in [2.75, 3.05) is 26.8 Å². The molecule has 1 aliphatic heterocycles. The monoisotopic (exact) mass is 425 g/mol. The predicted octanol–water partition coefficient (Wildman–Crippen LogP) is 3.54. The zero-order valence-corrected chi connectivity index (χ0v) is 18.3. The van der Waals surface area contributed by atoms with Crippen molar-refractivity contribution in [1.29, 1.82) is 0 Å². The molecule has 0 saturated carbocycles. The van der Waals surface area contributed by atoms with Crippen molar-refractivity contribution in [2.24, 2.45) is 0 Å². The number of likely N-dealkylation sites (tertiary alicyclic amines) is 1. The summed E-state index contributed by atoms with van der Waals surface area (Å²) in [5.41, 5.74) is 6.94. The summed E-state index contributed by atoms with van der Waals surface area (Å²) < 4.78 is 10.9. The summed E-state index contributed by atoms with van der Waals surface area (Å²) >= 11 is 0. The first kappa shape index (κ1) is 22.6. The van der Waals surface area contributed by atoms with E-state index in [1.165, 1.54) is 31.9 Å². The van der Waals surface area contributed by atoms with E-state index in [1.807, 2.05) is 19.1 Å². The Morgan fingerprint density at radius 3 is 2.19 bits per heavy atom. The molecule has 2 amide bonds. The fourth-order valence-electron chi connectivity index (χ4n) is 3.54. The van der Waals surface area contributed by atoms with E-state index in [-0.39, 0.29) is 5.91 Å². The van der Waals surface area contributed by atoms with Crippen molar-refractivity contribution < 1.29 is 19.1 Å². The van der Waals surface area contributed by atoms with Crippen LogP contribution >= 0.6 is 0 Å². The van der Waals surface area contributed by atoms with Crippen LogP contribution in [0, 0.1) is 0 Å². The number of nitrogens with one attached hydrogen (secondary N) is 2. The number of carbonyl (C=O) groups excluding carboxylic acids is 2. The van der Waals surface area contributed by atoms with E-state index >= 15 is 0 Å². The molecule has 1 saturated heterocycles. The van der Waals surface area contributed by atoms with Gasteiger partial charge >= 0.3 is 0 Å². The molecule has 0 aromatic heterocycles. The lowest BCUT2D eigenvalue weighted by Gasteiger charge is -2.26. The summed E-state index contributed by atoms with van der Waals surface area (Å²) in [5.74, 6) is 0.245. The van der Waals surface area contributed by atoms with Gasteiger partial charge in [0.15, 0.2) is 11.5 Å². The Hall–Kier alpha value is -3.06. The molecule has 1 heterocycles. The highest BCUT2D eigenvalue weighted by Gasteiger charge is 2.14. The van der Waals surface area contributed by atoms with Gasteiger partial charge in [-0.05, 0) is 68.2 Å². The lowest BCUT2D eigenvalue weighted by atomic mass is 10.1. The zero-order chi connectivity index (χ0) is 22.1. The molecule has 1 fully saturated rings. The van der Waals surface area contributed by atoms with Crippen LogP contribution in [0.2, 0.25) is 0 Å². The summed E-state index contributed by atoms with van der Waals surface area (Å²) in [6.07, 6.45) is 4.68. The van der Waals surface area contributed by atoms with Crippen molar-refractivity contribution in [2.45, 2.75) is 39.2 Å². The van der Waals surface area contributed by atoms with Crippen molar-refractivity contribution in [3.05, 3.63) is 59.2 Å². The highest BCUT2D eigenvalue weighted by Crippen LogP contribution is 2.28. The highest BCUT2D eigenvalue weighted by atomic mass is 16.5. The maximum absolute atomic E-state index is 12.4. The molecule has 0 radical (unpaired) electrons. The van der Waals surface area contributed by atoms with Gasteiger partial charge in [0.05, 0.1) is 13.7 Å². The largest absolute Gasteiger partial charge is 0.493 e. The SMILES string of the molecule is CCCOc1ccc(C(=O)NNC(=O)c2ccc(CN3CCCCC3)cc2)cc1OC. The number of amides is 2. The summed E-state index contributed by atoms with van der Waals surface area (Å²) in [6.45, 7) is 5.74. The van der Waals surface area contributed by atoms with Gasteiger partial charge in [-0.2, -0.15) is 0 Å². The van der Waals surface area contributed by atoms with Gasteiger partial charge in [-0.15, -0.1) is 0 Å². The second kappa shape index (κ2) is 11.4. The third kappa shape index (κ3) is 6.46. The minimum absolute atomic E-state index is 0.359.